The number of nitrogens with zero attached hydrogens (tertiary/aromatic N) is 1. The molecule has 2 rings (SSSR count). The summed E-state index contributed by atoms with van der Waals surface area (Å²) in [5.41, 5.74) is 6.68. The number of hydrogen-bond donors (Lipinski definition) is 1. The normalized spacial score (nSPS) is 28.1. The van der Waals surface area contributed by atoms with Crippen LogP contribution in [0.2, 0.25) is 0 Å². The van der Waals surface area contributed by atoms with Crippen molar-refractivity contribution in [2.24, 2.45) is 17.1 Å². The lowest BCUT2D eigenvalue weighted by molar-refractivity contribution is 0.180. The van der Waals surface area contributed by atoms with Crippen LogP contribution in [0.4, 0.5) is 0 Å². The molecule has 2 nitrogen and oxygen atoms in total. The van der Waals surface area contributed by atoms with Crippen molar-refractivity contribution in [1.29, 1.82) is 0 Å². The average molecular weight is 266 g/mol. The van der Waals surface area contributed by atoms with Gasteiger partial charge in [0, 0.05) is 12.1 Å². The molecule has 0 bridgehead atoms. The molecule has 2 fully saturated rings. The zero-order chi connectivity index (χ0) is 13.9. The zero-order valence-corrected chi connectivity index (χ0v) is 13.3. The highest BCUT2D eigenvalue weighted by Crippen LogP contribution is 2.35. The van der Waals surface area contributed by atoms with E-state index >= 15 is 0 Å². The van der Waals surface area contributed by atoms with Crippen molar-refractivity contribution in [1.82, 2.24) is 4.90 Å². The molecule has 2 atom stereocenters. The Hall–Kier alpha value is -0.0800. The molecule has 112 valence electrons. The molecule has 1 aliphatic carbocycles. The lowest BCUT2D eigenvalue weighted by Crippen LogP contribution is -2.38. The molecule has 1 saturated carbocycles. The van der Waals surface area contributed by atoms with Gasteiger partial charge in [-0.25, -0.2) is 0 Å². The van der Waals surface area contributed by atoms with Gasteiger partial charge in [0.2, 0.25) is 0 Å². The Morgan fingerprint density at radius 1 is 1.11 bits per heavy atom. The molecule has 1 aliphatic heterocycles. The van der Waals surface area contributed by atoms with Crippen molar-refractivity contribution in [3.63, 3.8) is 0 Å². The van der Waals surface area contributed by atoms with Crippen LogP contribution in [0.3, 0.4) is 0 Å². The molecule has 2 heteroatoms. The van der Waals surface area contributed by atoms with Gasteiger partial charge in [-0.05, 0) is 62.9 Å². The zero-order valence-electron chi connectivity index (χ0n) is 13.3. The van der Waals surface area contributed by atoms with Crippen molar-refractivity contribution in [3.05, 3.63) is 0 Å². The predicted molar refractivity (Wildman–Crippen MR) is 83.2 cm³/mol. The Bertz CT molecular complexity index is 263. The van der Waals surface area contributed by atoms with E-state index in [0.29, 0.717) is 11.5 Å². The first-order valence-electron chi connectivity index (χ1n) is 8.45. The Morgan fingerprint density at radius 3 is 2.42 bits per heavy atom. The van der Waals surface area contributed by atoms with Crippen molar-refractivity contribution in [2.75, 3.05) is 13.1 Å². The maximum absolute atomic E-state index is 6.31. The van der Waals surface area contributed by atoms with Crippen molar-refractivity contribution >= 4 is 0 Å². The summed E-state index contributed by atoms with van der Waals surface area (Å²) in [5, 5.41) is 0. The summed E-state index contributed by atoms with van der Waals surface area (Å²) in [6.45, 7) is 9.44. The molecule has 2 unspecified atom stereocenters. The fourth-order valence-corrected chi connectivity index (χ4v) is 4.23. The molecule has 0 amide bonds. The highest BCUT2D eigenvalue weighted by molar-refractivity contribution is 4.88. The predicted octanol–water partition coefficient (Wildman–Crippen LogP) is 3.79. The van der Waals surface area contributed by atoms with E-state index in [2.05, 4.69) is 25.7 Å². The van der Waals surface area contributed by atoms with E-state index in [9.17, 15) is 0 Å². The quantitative estimate of drug-likeness (QED) is 0.820. The summed E-state index contributed by atoms with van der Waals surface area (Å²) < 4.78 is 0. The molecule has 0 radical (unpaired) electrons. The van der Waals surface area contributed by atoms with E-state index in [1.807, 2.05) is 0 Å². The molecule has 2 N–H and O–H groups in total. The van der Waals surface area contributed by atoms with Crippen LogP contribution in [-0.4, -0.2) is 30.1 Å². The van der Waals surface area contributed by atoms with Crippen LogP contribution in [0.1, 0.15) is 72.1 Å². The largest absolute Gasteiger partial charge is 0.328 e. The lowest BCUT2D eigenvalue weighted by Gasteiger charge is -2.31. The van der Waals surface area contributed by atoms with E-state index in [1.54, 1.807) is 0 Å². The van der Waals surface area contributed by atoms with Gasteiger partial charge >= 0.3 is 0 Å². The highest BCUT2D eigenvalue weighted by Gasteiger charge is 2.33. The lowest BCUT2D eigenvalue weighted by atomic mass is 9.87. The first kappa shape index (κ1) is 15.3. The summed E-state index contributed by atoms with van der Waals surface area (Å²) in [7, 11) is 0. The van der Waals surface area contributed by atoms with Crippen LogP contribution in [0, 0.1) is 11.3 Å². The first-order chi connectivity index (χ1) is 8.96. The van der Waals surface area contributed by atoms with Gasteiger partial charge in [-0.2, -0.15) is 0 Å². The number of likely N-dealkylation sites (tertiary alicyclic amines) is 1. The van der Waals surface area contributed by atoms with Crippen LogP contribution < -0.4 is 5.73 Å². The van der Waals surface area contributed by atoms with E-state index in [1.165, 1.54) is 58.0 Å². The second kappa shape index (κ2) is 6.58. The number of nitrogens with two attached hydrogens (primary N) is 1. The maximum Gasteiger partial charge on any atom is 0.0124 e. The van der Waals surface area contributed by atoms with Crippen molar-refractivity contribution in [3.8, 4) is 0 Å². The molecule has 0 aromatic carbocycles. The Kier molecular flexibility index (Phi) is 5.30. The first-order valence-corrected chi connectivity index (χ1v) is 8.45. The second-order valence-corrected chi connectivity index (χ2v) is 8.10. The molecule has 0 spiro atoms. The Labute approximate surface area is 120 Å². The Balaban J connectivity index is 1.75. The fraction of sp³-hybridized carbons (Fsp3) is 1.00. The highest BCUT2D eigenvalue weighted by atomic mass is 15.2. The van der Waals surface area contributed by atoms with Crippen LogP contribution in [-0.2, 0) is 0 Å². The van der Waals surface area contributed by atoms with Gasteiger partial charge in [0.05, 0.1) is 0 Å². The summed E-state index contributed by atoms with van der Waals surface area (Å²) in [4.78, 5) is 2.76. The standard InChI is InChI=1S/C17H34N2/c1-17(2,3)13-15(18)10-12-19-11-6-9-16(19)14-7-4-5-8-14/h14-16H,4-13,18H2,1-3H3. The smallest absolute Gasteiger partial charge is 0.0124 e. The average Bonchev–Trinajstić information content (AvgIpc) is 2.94. The molecule has 19 heavy (non-hydrogen) atoms. The summed E-state index contributed by atoms with van der Waals surface area (Å²) in [6.07, 6.45) is 11.1. The summed E-state index contributed by atoms with van der Waals surface area (Å²) in [6, 6.07) is 1.27. The number of hydrogen-bond acceptors (Lipinski definition) is 2. The van der Waals surface area contributed by atoms with E-state index in [-0.39, 0.29) is 0 Å². The topological polar surface area (TPSA) is 29.3 Å². The molecular formula is C17H34N2. The van der Waals surface area contributed by atoms with Gasteiger partial charge in [0.15, 0.2) is 0 Å². The monoisotopic (exact) mass is 266 g/mol. The van der Waals surface area contributed by atoms with E-state index in [0.717, 1.165) is 18.4 Å². The third-order valence-corrected chi connectivity index (χ3v) is 5.02. The van der Waals surface area contributed by atoms with Crippen LogP contribution in [0.5, 0.6) is 0 Å². The molecule has 2 aliphatic rings. The summed E-state index contributed by atoms with van der Waals surface area (Å²) >= 11 is 0. The Morgan fingerprint density at radius 2 is 1.79 bits per heavy atom. The van der Waals surface area contributed by atoms with Crippen molar-refractivity contribution < 1.29 is 0 Å². The van der Waals surface area contributed by atoms with Gasteiger partial charge in [-0.1, -0.05) is 33.6 Å². The van der Waals surface area contributed by atoms with Crippen LogP contribution in [0.25, 0.3) is 0 Å². The fourth-order valence-electron chi connectivity index (χ4n) is 4.23. The molecule has 1 saturated heterocycles. The third kappa shape index (κ3) is 4.75. The van der Waals surface area contributed by atoms with Gasteiger partial charge in [-0.3, -0.25) is 0 Å². The summed E-state index contributed by atoms with van der Waals surface area (Å²) in [5.74, 6) is 1.00. The minimum absolute atomic E-state index is 0.370. The van der Waals surface area contributed by atoms with Gasteiger partial charge in [0.25, 0.3) is 0 Å². The number of rotatable bonds is 5. The molecule has 0 aromatic rings. The third-order valence-electron chi connectivity index (χ3n) is 5.02. The van der Waals surface area contributed by atoms with Gasteiger partial charge in [-0.15, -0.1) is 0 Å². The van der Waals surface area contributed by atoms with Gasteiger partial charge in [0.1, 0.15) is 0 Å². The van der Waals surface area contributed by atoms with Crippen molar-refractivity contribution in [2.45, 2.75) is 84.2 Å². The van der Waals surface area contributed by atoms with Crippen LogP contribution >= 0.6 is 0 Å². The van der Waals surface area contributed by atoms with Gasteiger partial charge < -0.3 is 10.6 Å². The van der Waals surface area contributed by atoms with Crippen LogP contribution in [0.15, 0.2) is 0 Å². The minimum atomic E-state index is 0.370. The minimum Gasteiger partial charge on any atom is -0.328 e. The molecule has 0 aromatic heterocycles. The SMILES string of the molecule is CC(C)(C)CC(N)CCN1CCCC1C1CCCC1. The maximum atomic E-state index is 6.31. The molecular weight excluding hydrogens is 232 g/mol. The molecule has 1 heterocycles. The van der Waals surface area contributed by atoms with E-state index in [4.69, 9.17) is 5.73 Å². The van der Waals surface area contributed by atoms with E-state index < -0.39 is 0 Å². The second-order valence-electron chi connectivity index (χ2n) is 8.10.